The SMILES string of the molecule is COC(=O)[C@@H](NC(=O)c1ccc(-c2ccccc2)cc1NC(=O)Nc1c(C)cc(C)cc1C)C(C)OC(C)(C)C. The number of carbonyl (C=O) groups is 3. The Morgan fingerprint density at radius 1 is 0.825 bits per heavy atom. The van der Waals surface area contributed by atoms with Gasteiger partial charge in [0, 0.05) is 5.69 Å². The van der Waals surface area contributed by atoms with E-state index in [-0.39, 0.29) is 11.3 Å². The van der Waals surface area contributed by atoms with Gasteiger partial charge in [-0.1, -0.05) is 54.1 Å². The first-order valence-corrected chi connectivity index (χ1v) is 13.2. The summed E-state index contributed by atoms with van der Waals surface area (Å²) in [7, 11) is 1.26. The molecule has 0 radical (unpaired) electrons. The van der Waals surface area contributed by atoms with E-state index in [9.17, 15) is 14.4 Å². The lowest BCUT2D eigenvalue weighted by molar-refractivity contribution is -0.150. The summed E-state index contributed by atoms with van der Waals surface area (Å²) in [5.74, 6) is -1.19. The van der Waals surface area contributed by atoms with Crippen LogP contribution in [0.25, 0.3) is 11.1 Å². The highest BCUT2D eigenvalue weighted by atomic mass is 16.5. The molecule has 0 heterocycles. The molecule has 3 rings (SSSR count). The molecule has 3 N–H and O–H groups in total. The van der Waals surface area contributed by atoms with Crippen molar-refractivity contribution in [2.24, 2.45) is 0 Å². The summed E-state index contributed by atoms with van der Waals surface area (Å²) < 4.78 is 10.9. The van der Waals surface area contributed by atoms with Crippen molar-refractivity contribution in [1.82, 2.24) is 5.32 Å². The van der Waals surface area contributed by atoms with Crippen molar-refractivity contribution in [3.8, 4) is 11.1 Å². The van der Waals surface area contributed by atoms with Crippen molar-refractivity contribution in [3.05, 3.63) is 82.9 Å². The minimum absolute atomic E-state index is 0.184. The fraction of sp³-hybridized carbons (Fsp3) is 0.344. The van der Waals surface area contributed by atoms with Gasteiger partial charge in [-0.15, -0.1) is 0 Å². The van der Waals surface area contributed by atoms with Crippen molar-refractivity contribution in [2.75, 3.05) is 17.7 Å². The van der Waals surface area contributed by atoms with Gasteiger partial charge in [0.1, 0.15) is 0 Å². The Kier molecular flexibility index (Phi) is 9.71. The summed E-state index contributed by atoms with van der Waals surface area (Å²) in [5.41, 5.74) is 5.30. The molecule has 0 aliphatic rings. The molecule has 0 saturated heterocycles. The number of anilines is 2. The zero-order valence-electron chi connectivity index (χ0n) is 24.5. The number of rotatable bonds is 8. The maximum Gasteiger partial charge on any atom is 0.331 e. The van der Waals surface area contributed by atoms with Crippen LogP contribution >= 0.6 is 0 Å². The van der Waals surface area contributed by atoms with Crippen LogP contribution < -0.4 is 16.0 Å². The normalized spacial score (nSPS) is 12.7. The van der Waals surface area contributed by atoms with Crippen LogP contribution in [0.2, 0.25) is 0 Å². The van der Waals surface area contributed by atoms with Crippen LogP contribution in [-0.4, -0.2) is 42.8 Å². The Morgan fingerprint density at radius 3 is 2.02 bits per heavy atom. The molecular formula is C32H39N3O5. The molecule has 0 bridgehead atoms. The van der Waals surface area contributed by atoms with Gasteiger partial charge in [-0.25, -0.2) is 9.59 Å². The van der Waals surface area contributed by atoms with Crippen molar-refractivity contribution < 1.29 is 23.9 Å². The molecule has 212 valence electrons. The smallest absolute Gasteiger partial charge is 0.331 e. The fourth-order valence-corrected chi connectivity index (χ4v) is 4.64. The van der Waals surface area contributed by atoms with Crippen LogP contribution in [0, 0.1) is 20.8 Å². The summed E-state index contributed by atoms with van der Waals surface area (Å²) in [6.45, 7) is 13.1. The second-order valence-electron chi connectivity index (χ2n) is 10.9. The summed E-state index contributed by atoms with van der Waals surface area (Å²) in [4.78, 5) is 39.3. The molecule has 0 aliphatic heterocycles. The topological polar surface area (TPSA) is 106 Å². The van der Waals surface area contributed by atoms with Crippen molar-refractivity contribution >= 4 is 29.3 Å². The number of esters is 1. The monoisotopic (exact) mass is 545 g/mol. The average Bonchev–Trinajstić information content (AvgIpc) is 2.88. The molecular weight excluding hydrogens is 506 g/mol. The first-order chi connectivity index (χ1) is 18.8. The first kappa shape index (κ1) is 30.4. The summed E-state index contributed by atoms with van der Waals surface area (Å²) in [5, 5.41) is 8.50. The van der Waals surface area contributed by atoms with Crippen LogP contribution in [0.15, 0.2) is 60.7 Å². The number of carbonyl (C=O) groups excluding carboxylic acids is 3. The van der Waals surface area contributed by atoms with E-state index >= 15 is 0 Å². The van der Waals surface area contributed by atoms with E-state index < -0.39 is 35.7 Å². The van der Waals surface area contributed by atoms with Gasteiger partial charge >= 0.3 is 12.0 Å². The van der Waals surface area contributed by atoms with Gasteiger partial charge in [-0.05, 0) is 82.9 Å². The maximum atomic E-state index is 13.6. The number of aryl methyl sites for hydroxylation is 3. The van der Waals surface area contributed by atoms with Crippen LogP contribution in [0.5, 0.6) is 0 Å². The molecule has 3 aromatic rings. The third-order valence-electron chi connectivity index (χ3n) is 6.29. The van der Waals surface area contributed by atoms with E-state index in [1.54, 1.807) is 25.1 Å². The van der Waals surface area contributed by atoms with Gasteiger partial charge in [-0.2, -0.15) is 0 Å². The van der Waals surface area contributed by atoms with Gasteiger partial charge in [0.05, 0.1) is 30.1 Å². The van der Waals surface area contributed by atoms with E-state index in [1.165, 1.54) is 7.11 Å². The third kappa shape index (κ3) is 7.93. The maximum absolute atomic E-state index is 13.6. The lowest BCUT2D eigenvalue weighted by Gasteiger charge is -2.30. The predicted octanol–water partition coefficient (Wildman–Crippen LogP) is 6.40. The summed E-state index contributed by atoms with van der Waals surface area (Å²) in [6, 6.07) is 17.2. The molecule has 2 atom stereocenters. The predicted molar refractivity (Wildman–Crippen MR) is 159 cm³/mol. The molecule has 0 aliphatic carbocycles. The van der Waals surface area contributed by atoms with E-state index in [4.69, 9.17) is 9.47 Å². The van der Waals surface area contributed by atoms with Crippen molar-refractivity contribution in [1.29, 1.82) is 0 Å². The molecule has 1 unspecified atom stereocenters. The summed E-state index contributed by atoms with van der Waals surface area (Å²) >= 11 is 0. The largest absolute Gasteiger partial charge is 0.467 e. The number of amides is 3. The lowest BCUT2D eigenvalue weighted by atomic mass is 10.0. The number of ether oxygens (including phenoxy) is 2. The number of urea groups is 1. The molecule has 40 heavy (non-hydrogen) atoms. The fourth-order valence-electron chi connectivity index (χ4n) is 4.64. The third-order valence-corrected chi connectivity index (χ3v) is 6.29. The van der Waals surface area contributed by atoms with E-state index in [2.05, 4.69) is 16.0 Å². The molecule has 3 amide bonds. The molecule has 8 heteroatoms. The van der Waals surface area contributed by atoms with Crippen LogP contribution in [-0.2, 0) is 14.3 Å². The van der Waals surface area contributed by atoms with Crippen LogP contribution in [0.3, 0.4) is 0 Å². The van der Waals surface area contributed by atoms with Crippen molar-refractivity contribution in [3.63, 3.8) is 0 Å². The number of benzene rings is 3. The van der Waals surface area contributed by atoms with E-state index in [0.29, 0.717) is 5.69 Å². The van der Waals surface area contributed by atoms with Crippen LogP contribution in [0.4, 0.5) is 16.2 Å². The van der Waals surface area contributed by atoms with Gasteiger partial charge in [-0.3, -0.25) is 4.79 Å². The minimum Gasteiger partial charge on any atom is -0.467 e. The molecule has 0 fully saturated rings. The lowest BCUT2D eigenvalue weighted by Crippen LogP contribution is -2.51. The molecule has 3 aromatic carbocycles. The Balaban J connectivity index is 1.96. The number of hydrogen-bond acceptors (Lipinski definition) is 5. The Hall–Kier alpha value is -4.17. The highest BCUT2D eigenvalue weighted by Crippen LogP contribution is 2.27. The first-order valence-electron chi connectivity index (χ1n) is 13.2. The molecule has 8 nitrogen and oxygen atoms in total. The second kappa shape index (κ2) is 12.8. The Labute approximate surface area is 236 Å². The Bertz CT molecular complexity index is 1360. The zero-order valence-corrected chi connectivity index (χ0v) is 24.5. The zero-order chi connectivity index (χ0) is 29.6. The standard InChI is InChI=1S/C32H39N3O5/c1-19-16-20(2)27(21(3)17-19)35-31(38)33-26-18-24(23-12-10-9-11-13-23)14-15-25(26)29(36)34-28(30(37)39-8)22(4)40-32(5,6)7/h9-18,22,28H,1-8H3,(H,34,36)(H2,33,35,38)/t22?,28-/m0/s1. The van der Waals surface area contributed by atoms with E-state index in [1.807, 2.05) is 84.0 Å². The van der Waals surface area contributed by atoms with E-state index in [0.717, 1.165) is 27.8 Å². The summed E-state index contributed by atoms with van der Waals surface area (Å²) in [6.07, 6.45) is -0.674. The number of hydrogen-bond donors (Lipinski definition) is 3. The Morgan fingerprint density at radius 2 is 1.45 bits per heavy atom. The van der Waals surface area contributed by atoms with Gasteiger partial charge in [0.2, 0.25) is 0 Å². The second-order valence-corrected chi connectivity index (χ2v) is 10.9. The number of methoxy groups -OCH3 is 1. The molecule has 0 saturated carbocycles. The quantitative estimate of drug-likeness (QED) is 0.284. The minimum atomic E-state index is -1.06. The molecule has 0 spiro atoms. The van der Waals surface area contributed by atoms with Crippen LogP contribution in [0.1, 0.15) is 54.7 Å². The van der Waals surface area contributed by atoms with Gasteiger partial charge < -0.3 is 25.4 Å². The van der Waals surface area contributed by atoms with Crippen molar-refractivity contribution in [2.45, 2.75) is 66.2 Å². The van der Waals surface area contributed by atoms with Gasteiger partial charge in [0.15, 0.2) is 6.04 Å². The highest BCUT2D eigenvalue weighted by Gasteiger charge is 2.32. The van der Waals surface area contributed by atoms with Gasteiger partial charge in [0.25, 0.3) is 5.91 Å². The molecule has 0 aromatic heterocycles. The highest BCUT2D eigenvalue weighted by molar-refractivity contribution is 6.08. The number of nitrogens with one attached hydrogen (secondary N) is 3. The average molecular weight is 546 g/mol.